The van der Waals surface area contributed by atoms with Crippen LogP contribution in [0.3, 0.4) is 0 Å². The second-order valence-electron chi connectivity index (χ2n) is 4.13. The third-order valence-electron chi connectivity index (χ3n) is 2.76. The quantitative estimate of drug-likeness (QED) is 0.670. The zero-order valence-electron chi connectivity index (χ0n) is 9.62. The molecule has 7 nitrogen and oxygen atoms in total. The van der Waals surface area contributed by atoms with Gasteiger partial charge >= 0.3 is 17.9 Å². The van der Waals surface area contributed by atoms with Crippen molar-refractivity contribution in [2.45, 2.75) is 12.5 Å². The molecule has 1 aromatic carbocycles. The number of carboxylic acids is 3. The molecule has 2 rings (SSSR count). The molecule has 0 spiro atoms. The zero-order chi connectivity index (χ0) is 14.2. The summed E-state index contributed by atoms with van der Waals surface area (Å²) in [5.74, 6) is -4.18. The van der Waals surface area contributed by atoms with Crippen LogP contribution in [0.2, 0.25) is 0 Å². The molecule has 1 aromatic rings. The van der Waals surface area contributed by atoms with E-state index in [9.17, 15) is 14.4 Å². The summed E-state index contributed by atoms with van der Waals surface area (Å²) in [6, 6.07) is 2.03. The average Bonchev–Trinajstić information content (AvgIpc) is 3.11. The molecule has 1 saturated heterocycles. The van der Waals surface area contributed by atoms with Crippen LogP contribution in [0.25, 0.3) is 0 Å². The smallest absolute Gasteiger partial charge is 0.336 e. The number of carbonyl (C=O) groups is 3. The van der Waals surface area contributed by atoms with Crippen LogP contribution < -0.4 is 0 Å². The van der Waals surface area contributed by atoms with E-state index in [1.165, 1.54) is 6.07 Å². The van der Waals surface area contributed by atoms with Crippen LogP contribution in [0.15, 0.2) is 12.1 Å². The number of hydrogen-bond donors (Lipinski definition) is 3. The highest BCUT2D eigenvalue weighted by molar-refractivity contribution is 6.05. The van der Waals surface area contributed by atoms with E-state index in [4.69, 9.17) is 20.1 Å². The SMILES string of the molecule is O=C(O)c1cc(CC2CO2)c(C(=O)O)c(C(=O)O)c1. The lowest BCUT2D eigenvalue weighted by atomic mass is 9.94. The molecule has 0 saturated carbocycles. The van der Waals surface area contributed by atoms with Gasteiger partial charge in [0.25, 0.3) is 0 Å². The van der Waals surface area contributed by atoms with Gasteiger partial charge in [-0.05, 0) is 17.7 Å². The van der Waals surface area contributed by atoms with E-state index in [2.05, 4.69) is 0 Å². The minimum absolute atomic E-state index is 0.160. The van der Waals surface area contributed by atoms with Gasteiger partial charge in [-0.2, -0.15) is 0 Å². The number of aromatic carboxylic acids is 3. The first-order valence-electron chi connectivity index (χ1n) is 5.38. The first kappa shape index (κ1) is 13.0. The third kappa shape index (κ3) is 2.71. The summed E-state index contributed by atoms with van der Waals surface area (Å²) in [5, 5.41) is 27.0. The lowest BCUT2D eigenvalue weighted by Gasteiger charge is -2.10. The van der Waals surface area contributed by atoms with Gasteiger partial charge in [-0.3, -0.25) is 0 Å². The Labute approximate surface area is 107 Å². The van der Waals surface area contributed by atoms with E-state index in [0.29, 0.717) is 6.61 Å². The second-order valence-corrected chi connectivity index (χ2v) is 4.13. The molecule has 0 aliphatic carbocycles. The molecule has 7 heteroatoms. The van der Waals surface area contributed by atoms with Gasteiger partial charge in [0, 0.05) is 6.42 Å². The zero-order valence-corrected chi connectivity index (χ0v) is 9.62. The Hall–Kier alpha value is -2.41. The highest BCUT2D eigenvalue weighted by Gasteiger charge is 2.29. The van der Waals surface area contributed by atoms with Crippen molar-refractivity contribution in [2.24, 2.45) is 0 Å². The van der Waals surface area contributed by atoms with Gasteiger partial charge in [-0.25, -0.2) is 14.4 Å². The van der Waals surface area contributed by atoms with Crippen LogP contribution in [0, 0.1) is 0 Å². The van der Waals surface area contributed by atoms with Crippen LogP contribution in [0.1, 0.15) is 36.6 Å². The number of ether oxygens (including phenoxy) is 1. The maximum Gasteiger partial charge on any atom is 0.336 e. The fraction of sp³-hybridized carbons (Fsp3) is 0.250. The molecular formula is C12H10O7. The highest BCUT2D eigenvalue weighted by atomic mass is 16.6. The molecule has 1 unspecified atom stereocenters. The van der Waals surface area contributed by atoms with Crippen molar-refractivity contribution in [1.29, 1.82) is 0 Å². The molecule has 1 fully saturated rings. The molecule has 1 aliphatic heterocycles. The third-order valence-corrected chi connectivity index (χ3v) is 2.76. The summed E-state index contributed by atoms with van der Waals surface area (Å²) in [4.78, 5) is 33.2. The van der Waals surface area contributed by atoms with E-state index in [1.807, 2.05) is 0 Å². The number of carboxylic acid groups (broad SMARTS) is 3. The molecule has 0 aromatic heterocycles. The number of hydrogen-bond acceptors (Lipinski definition) is 4. The minimum Gasteiger partial charge on any atom is -0.478 e. The van der Waals surface area contributed by atoms with Crippen molar-refractivity contribution >= 4 is 17.9 Å². The second kappa shape index (κ2) is 4.69. The van der Waals surface area contributed by atoms with Crippen LogP contribution in [-0.4, -0.2) is 45.9 Å². The molecule has 1 aliphatic rings. The maximum atomic E-state index is 11.2. The van der Waals surface area contributed by atoms with E-state index >= 15 is 0 Å². The van der Waals surface area contributed by atoms with Gasteiger partial charge in [-0.1, -0.05) is 0 Å². The van der Waals surface area contributed by atoms with Crippen molar-refractivity contribution in [1.82, 2.24) is 0 Å². The molecule has 1 atom stereocenters. The summed E-state index contributed by atoms with van der Waals surface area (Å²) >= 11 is 0. The van der Waals surface area contributed by atoms with Crippen molar-refractivity contribution in [3.05, 3.63) is 34.4 Å². The van der Waals surface area contributed by atoms with E-state index in [-0.39, 0.29) is 29.2 Å². The Bertz CT molecular complexity index is 572. The van der Waals surface area contributed by atoms with Crippen molar-refractivity contribution in [2.75, 3.05) is 6.61 Å². The van der Waals surface area contributed by atoms with Crippen molar-refractivity contribution in [3.63, 3.8) is 0 Å². The topological polar surface area (TPSA) is 124 Å². The number of epoxide rings is 1. The van der Waals surface area contributed by atoms with Crippen LogP contribution in [-0.2, 0) is 11.2 Å². The summed E-state index contributed by atoms with van der Waals surface area (Å²) < 4.78 is 4.96. The minimum atomic E-state index is -1.47. The van der Waals surface area contributed by atoms with E-state index in [1.54, 1.807) is 0 Å². The Kier molecular flexibility index (Phi) is 3.22. The average molecular weight is 266 g/mol. The van der Waals surface area contributed by atoms with Crippen LogP contribution in [0.5, 0.6) is 0 Å². The lowest BCUT2D eigenvalue weighted by Crippen LogP contribution is -2.15. The molecule has 3 N–H and O–H groups in total. The first-order chi connectivity index (χ1) is 8.90. The first-order valence-corrected chi connectivity index (χ1v) is 5.38. The highest BCUT2D eigenvalue weighted by Crippen LogP contribution is 2.24. The summed E-state index contributed by atoms with van der Waals surface area (Å²) in [6.45, 7) is 0.457. The predicted octanol–water partition coefficient (Wildman–Crippen LogP) is 0.723. The molecule has 0 radical (unpaired) electrons. The molecule has 0 bridgehead atoms. The monoisotopic (exact) mass is 266 g/mol. The summed E-state index contributed by atoms with van der Waals surface area (Å²) in [5.41, 5.74) is -0.999. The molecular weight excluding hydrogens is 256 g/mol. The summed E-state index contributed by atoms with van der Waals surface area (Å²) in [6.07, 6.45) is 0.00652. The largest absolute Gasteiger partial charge is 0.478 e. The van der Waals surface area contributed by atoms with Gasteiger partial charge < -0.3 is 20.1 Å². The Morgan fingerprint density at radius 2 is 1.74 bits per heavy atom. The predicted molar refractivity (Wildman–Crippen MR) is 60.8 cm³/mol. The Balaban J connectivity index is 2.61. The van der Waals surface area contributed by atoms with E-state index in [0.717, 1.165) is 6.07 Å². The molecule has 100 valence electrons. The maximum absolute atomic E-state index is 11.2. The fourth-order valence-electron chi connectivity index (χ4n) is 1.84. The van der Waals surface area contributed by atoms with Crippen molar-refractivity contribution in [3.8, 4) is 0 Å². The van der Waals surface area contributed by atoms with Crippen LogP contribution in [0.4, 0.5) is 0 Å². The van der Waals surface area contributed by atoms with Gasteiger partial charge in [0.15, 0.2) is 0 Å². The van der Waals surface area contributed by atoms with Gasteiger partial charge in [-0.15, -0.1) is 0 Å². The Morgan fingerprint density at radius 3 is 2.16 bits per heavy atom. The number of rotatable bonds is 5. The van der Waals surface area contributed by atoms with Gasteiger partial charge in [0.05, 0.1) is 29.4 Å². The van der Waals surface area contributed by atoms with Crippen LogP contribution >= 0.6 is 0 Å². The fourth-order valence-corrected chi connectivity index (χ4v) is 1.84. The van der Waals surface area contributed by atoms with Gasteiger partial charge in [0.2, 0.25) is 0 Å². The standard InChI is InChI=1S/C12H10O7/c13-10(14)6-1-5(2-7-4-19-7)9(12(17)18)8(3-6)11(15)16/h1,3,7H,2,4H2,(H,13,14)(H,15,16)(H,17,18). The van der Waals surface area contributed by atoms with Crippen molar-refractivity contribution < 1.29 is 34.4 Å². The normalized spacial score (nSPS) is 16.9. The molecule has 19 heavy (non-hydrogen) atoms. The molecule has 0 amide bonds. The Morgan fingerprint density at radius 1 is 1.11 bits per heavy atom. The number of benzene rings is 1. The van der Waals surface area contributed by atoms with E-state index < -0.39 is 23.5 Å². The summed E-state index contributed by atoms with van der Waals surface area (Å²) in [7, 11) is 0. The molecule has 1 heterocycles. The van der Waals surface area contributed by atoms with Gasteiger partial charge in [0.1, 0.15) is 0 Å². The lowest BCUT2D eigenvalue weighted by molar-refractivity contribution is 0.0648.